The van der Waals surface area contributed by atoms with E-state index in [9.17, 15) is 14.0 Å². The van der Waals surface area contributed by atoms with Crippen LogP contribution in [0.2, 0.25) is 0 Å². The molecule has 5 nitrogen and oxygen atoms in total. The Balaban J connectivity index is 2.29. The average Bonchev–Trinajstić information content (AvgIpc) is 2.26. The first-order valence-electron chi connectivity index (χ1n) is 5.14. The normalized spacial score (nSPS) is 15.5. The monoisotopic (exact) mass is 267 g/mol. The molecule has 2 rings (SSSR count). The van der Waals surface area contributed by atoms with E-state index in [0.29, 0.717) is 5.69 Å². The van der Waals surface area contributed by atoms with Gasteiger partial charge in [-0.25, -0.2) is 4.39 Å². The molecule has 0 unspecified atom stereocenters. The number of hydrogen-bond donors (Lipinski definition) is 2. The summed E-state index contributed by atoms with van der Waals surface area (Å²) in [5, 5.41) is 2.17. The van der Waals surface area contributed by atoms with Crippen LogP contribution in [-0.2, 0) is 9.59 Å². The van der Waals surface area contributed by atoms with Crippen molar-refractivity contribution in [1.29, 1.82) is 0 Å². The summed E-state index contributed by atoms with van der Waals surface area (Å²) in [4.78, 5) is 23.9. The topological polar surface area (TPSA) is 75.4 Å². The van der Waals surface area contributed by atoms with Crippen molar-refractivity contribution < 1.29 is 14.0 Å². The molecule has 18 heavy (non-hydrogen) atoms. The maximum atomic E-state index is 13.7. The molecule has 7 heteroatoms. The number of amides is 2. The van der Waals surface area contributed by atoms with Gasteiger partial charge in [0.1, 0.15) is 10.8 Å². The van der Waals surface area contributed by atoms with Crippen molar-refractivity contribution in [2.24, 2.45) is 5.73 Å². The van der Waals surface area contributed by atoms with Gasteiger partial charge in [-0.15, -0.1) is 0 Å². The van der Waals surface area contributed by atoms with Gasteiger partial charge in [-0.1, -0.05) is 12.2 Å². The largest absolute Gasteiger partial charge is 0.389 e. The van der Waals surface area contributed by atoms with Crippen molar-refractivity contribution in [3.8, 4) is 0 Å². The molecule has 1 aliphatic rings. The van der Waals surface area contributed by atoms with Crippen LogP contribution in [0.15, 0.2) is 18.2 Å². The number of carbonyl (C=O) groups excluding carboxylic acids is 2. The summed E-state index contributed by atoms with van der Waals surface area (Å²) < 4.78 is 13.7. The first kappa shape index (κ1) is 12.4. The number of nitrogens with two attached hydrogens (primary N) is 1. The lowest BCUT2D eigenvalue weighted by atomic mass is 10.1. The number of benzene rings is 1. The maximum Gasteiger partial charge on any atom is 0.246 e. The van der Waals surface area contributed by atoms with E-state index >= 15 is 0 Å². The summed E-state index contributed by atoms with van der Waals surface area (Å²) in [6.45, 7) is 0.0230. The van der Waals surface area contributed by atoms with Gasteiger partial charge in [0, 0.05) is 11.3 Å². The van der Waals surface area contributed by atoms with Gasteiger partial charge in [0.25, 0.3) is 0 Å². The molecule has 3 N–H and O–H groups in total. The smallest absolute Gasteiger partial charge is 0.246 e. The number of halogens is 1. The number of imide groups is 1. The second kappa shape index (κ2) is 4.69. The van der Waals surface area contributed by atoms with Crippen LogP contribution in [0.5, 0.6) is 0 Å². The van der Waals surface area contributed by atoms with Gasteiger partial charge < -0.3 is 10.6 Å². The van der Waals surface area contributed by atoms with Crippen LogP contribution in [0, 0.1) is 5.82 Å². The molecule has 1 saturated heterocycles. The van der Waals surface area contributed by atoms with Gasteiger partial charge in [-0.3, -0.25) is 14.9 Å². The van der Waals surface area contributed by atoms with E-state index in [-0.39, 0.29) is 23.6 Å². The predicted octanol–water partition coefficient (Wildman–Crippen LogP) is -0.0773. The second-order valence-corrected chi connectivity index (χ2v) is 4.30. The average molecular weight is 267 g/mol. The minimum absolute atomic E-state index is 0.0115. The third-order valence-electron chi connectivity index (χ3n) is 2.53. The van der Waals surface area contributed by atoms with Gasteiger partial charge in [-0.2, -0.15) is 0 Å². The zero-order valence-electron chi connectivity index (χ0n) is 9.27. The Hall–Kier alpha value is -2.02. The first-order chi connectivity index (χ1) is 8.47. The minimum Gasteiger partial charge on any atom is -0.389 e. The molecule has 2 amide bonds. The van der Waals surface area contributed by atoms with E-state index in [2.05, 4.69) is 5.32 Å². The Labute approximate surface area is 108 Å². The molecule has 1 aliphatic heterocycles. The molecule has 1 aromatic rings. The molecular weight excluding hydrogens is 257 g/mol. The number of nitrogens with zero attached hydrogens (tertiary/aromatic N) is 1. The molecular formula is C11H10FN3O2S. The lowest BCUT2D eigenvalue weighted by molar-refractivity contribution is -0.130. The fourth-order valence-corrected chi connectivity index (χ4v) is 1.89. The third kappa shape index (κ3) is 2.45. The van der Waals surface area contributed by atoms with Gasteiger partial charge in [0.05, 0.1) is 13.1 Å². The van der Waals surface area contributed by atoms with Crippen LogP contribution >= 0.6 is 12.2 Å². The van der Waals surface area contributed by atoms with Crippen LogP contribution in [0.3, 0.4) is 0 Å². The van der Waals surface area contributed by atoms with E-state index in [1.807, 2.05) is 0 Å². The Morgan fingerprint density at radius 2 is 1.94 bits per heavy atom. The predicted molar refractivity (Wildman–Crippen MR) is 67.7 cm³/mol. The summed E-state index contributed by atoms with van der Waals surface area (Å²) >= 11 is 4.69. The molecule has 1 heterocycles. The maximum absolute atomic E-state index is 13.7. The summed E-state index contributed by atoms with van der Waals surface area (Å²) in [5.41, 5.74) is 5.93. The minimum atomic E-state index is -0.571. The molecule has 0 spiro atoms. The van der Waals surface area contributed by atoms with Crippen LogP contribution in [0.25, 0.3) is 0 Å². The number of hydrogen-bond acceptors (Lipinski definition) is 4. The molecule has 1 aromatic carbocycles. The lowest BCUT2D eigenvalue weighted by Gasteiger charge is -2.27. The second-order valence-electron chi connectivity index (χ2n) is 3.86. The van der Waals surface area contributed by atoms with E-state index in [0.717, 1.165) is 0 Å². The van der Waals surface area contributed by atoms with Crippen molar-refractivity contribution in [3.05, 3.63) is 29.6 Å². The van der Waals surface area contributed by atoms with E-state index in [1.165, 1.54) is 17.0 Å². The number of thiocarbonyl (C=S) groups is 1. The van der Waals surface area contributed by atoms with E-state index in [4.69, 9.17) is 18.0 Å². The summed E-state index contributed by atoms with van der Waals surface area (Å²) in [6, 6.07) is 4.22. The highest BCUT2D eigenvalue weighted by atomic mass is 32.1. The van der Waals surface area contributed by atoms with Crippen molar-refractivity contribution >= 4 is 34.7 Å². The number of piperazine rings is 1. The Morgan fingerprint density at radius 3 is 2.44 bits per heavy atom. The van der Waals surface area contributed by atoms with Crippen molar-refractivity contribution in [2.75, 3.05) is 18.0 Å². The van der Waals surface area contributed by atoms with Gasteiger partial charge in [0.15, 0.2) is 0 Å². The highest BCUT2D eigenvalue weighted by Gasteiger charge is 2.23. The molecule has 0 aliphatic carbocycles. The molecule has 0 bridgehead atoms. The third-order valence-corrected chi connectivity index (χ3v) is 2.75. The Morgan fingerprint density at radius 1 is 1.33 bits per heavy atom. The fourth-order valence-electron chi connectivity index (χ4n) is 1.72. The standard InChI is InChI=1S/C11H10FN3O2S/c12-8-3-6(1-2-7(8)11(13)18)15-4-9(16)14-10(17)5-15/h1-3H,4-5H2,(H2,13,18)(H,14,16,17). The number of carbonyl (C=O) groups is 2. The summed E-state index contributed by atoms with van der Waals surface area (Å²) in [5.74, 6) is -1.39. The van der Waals surface area contributed by atoms with E-state index in [1.54, 1.807) is 6.07 Å². The van der Waals surface area contributed by atoms with Crippen molar-refractivity contribution in [2.45, 2.75) is 0 Å². The summed E-state index contributed by atoms with van der Waals surface area (Å²) in [7, 11) is 0. The molecule has 0 aromatic heterocycles. The van der Waals surface area contributed by atoms with E-state index < -0.39 is 17.6 Å². The van der Waals surface area contributed by atoms with Crippen LogP contribution in [0.4, 0.5) is 10.1 Å². The van der Waals surface area contributed by atoms with Crippen molar-refractivity contribution in [1.82, 2.24) is 5.32 Å². The SMILES string of the molecule is NC(=S)c1ccc(N2CC(=O)NC(=O)C2)cc1F. The van der Waals surface area contributed by atoms with Gasteiger partial charge in [0.2, 0.25) is 11.8 Å². The van der Waals surface area contributed by atoms with Gasteiger partial charge >= 0.3 is 0 Å². The zero-order valence-corrected chi connectivity index (χ0v) is 10.1. The molecule has 94 valence electrons. The molecule has 0 atom stereocenters. The number of nitrogens with one attached hydrogen (secondary N) is 1. The fraction of sp³-hybridized carbons (Fsp3) is 0.182. The lowest BCUT2D eigenvalue weighted by Crippen LogP contribution is -2.51. The van der Waals surface area contributed by atoms with Crippen LogP contribution < -0.4 is 16.0 Å². The Bertz CT molecular complexity index is 531. The number of anilines is 1. The number of rotatable bonds is 2. The highest BCUT2D eigenvalue weighted by molar-refractivity contribution is 7.80. The molecule has 0 saturated carbocycles. The highest BCUT2D eigenvalue weighted by Crippen LogP contribution is 2.19. The zero-order chi connectivity index (χ0) is 13.3. The molecule has 1 fully saturated rings. The van der Waals surface area contributed by atoms with Crippen LogP contribution in [-0.4, -0.2) is 29.9 Å². The summed E-state index contributed by atoms with van der Waals surface area (Å²) in [6.07, 6.45) is 0. The quantitative estimate of drug-likeness (QED) is 0.579. The van der Waals surface area contributed by atoms with Crippen molar-refractivity contribution in [3.63, 3.8) is 0 Å². The Kier molecular flexibility index (Phi) is 3.24. The molecule has 0 radical (unpaired) electrons. The first-order valence-corrected chi connectivity index (χ1v) is 5.55. The van der Waals surface area contributed by atoms with Crippen LogP contribution in [0.1, 0.15) is 5.56 Å². The van der Waals surface area contributed by atoms with Gasteiger partial charge in [-0.05, 0) is 18.2 Å².